The Hall–Kier alpha value is -4.37. The quantitative estimate of drug-likeness (QED) is 0.206. The van der Waals surface area contributed by atoms with Gasteiger partial charge in [-0.25, -0.2) is 22.4 Å². The van der Waals surface area contributed by atoms with Gasteiger partial charge in [0.15, 0.2) is 0 Å². The average molecular weight is 657 g/mol. The van der Waals surface area contributed by atoms with E-state index in [4.69, 9.17) is 15.2 Å². The zero-order valence-electron chi connectivity index (χ0n) is 24.2. The highest BCUT2D eigenvalue weighted by Gasteiger charge is 2.32. The van der Waals surface area contributed by atoms with Crippen molar-refractivity contribution in [3.63, 3.8) is 0 Å². The Kier molecular flexibility index (Phi) is 11.5. The second-order valence-corrected chi connectivity index (χ2v) is 10.7. The number of benzene rings is 3. The number of alkyl carbamates (subject to hydrolysis) is 1. The van der Waals surface area contributed by atoms with Gasteiger partial charge in [0.2, 0.25) is 5.91 Å². The molecule has 248 valence electrons. The summed E-state index contributed by atoms with van der Waals surface area (Å²) in [6.07, 6.45) is -5.81. The topological polar surface area (TPSA) is 115 Å². The number of hydrogen-bond acceptors (Lipinski definition) is 6. The van der Waals surface area contributed by atoms with Crippen molar-refractivity contribution in [2.24, 2.45) is 5.73 Å². The van der Waals surface area contributed by atoms with Gasteiger partial charge in [-0.15, -0.1) is 0 Å². The molecule has 0 aliphatic carbocycles. The maximum Gasteiger partial charge on any atom is 0.407 e. The Morgan fingerprint density at radius 2 is 1.67 bits per heavy atom. The van der Waals surface area contributed by atoms with Crippen LogP contribution in [0.15, 0.2) is 60.7 Å². The zero-order valence-corrected chi connectivity index (χ0v) is 24.2. The molecule has 1 aliphatic heterocycles. The van der Waals surface area contributed by atoms with Crippen LogP contribution in [0.3, 0.4) is 0 Å². The van der Waals surface area contributed by atoms with E-state index in [1.165, 1.54) is 30.3 Å². The Bertz CT molecular complexity index is 1480. The number of rotatable bonds is 12. The first-order valence-electron chi connectivity index (χ1n) is 14.2. The van der Waals surface area contributed by atoms with Crippen LogP contribution in [-0.4, -0.2) is 62.7 Å². The number of carbonyl (C=O) groups excluding carboxylic acids is 2. The number of ether oxygens (including phenoxy) is 2. The molecular weight excluding hydrogens is 625 g/mol. The summed E-state index contributed by atoms with van der Waals surface area (Å²) >= 11 is 0. The largest absolute Gasteiger partial charge is 0.448 e. The lowest BCUT2D eigenvalue weighted by Gasteiger charge is -2.31. The van der Waals surface area contributed by atoms with E-state index in [2.05, 4.69) is 10.6 Å². The number of halogens is 7. The normalized spacial score (nSPS) is 18.0. The van der Waals surface area contributed by atoms with Crippen LogP contribution in [0, 0.1) is 23.3 Å². The second kappa shape index (κ2) is 15.3. The molecule has 1 aliphatic rings. The number of nitrogens with one attached hydrogen (secondary N) is 3. The molecule has 3 aromatic carbocycles. The highest BCUT2D eigenvalue weighted by atomic mass is 19.4. The van der Waals surface area contributed by atoms with E-state index < -0.39 is 72.1 Å². The Morgan fingerprint density at radius 1 is 0.978 bits per heavy atom. The first-order chi connectivity index (χ1) is 21.8. The summed E-state index contributed by atoms with van der Waals surface area (Å²) in [5.74, 6) is -5.01. The third kappa shape index (κ3) is 9.81. The summed E-state index contributed by atoms with van der Waals surface area (Å²) in [6.45, 7) is -1.44. The molecule has 1 heterocycles. The number of hydrogen-bond donors (Lipinski definition) is 4. The molecule has 0 radical (unpaired) electrons. The zero-order chi connectivity index (χ0) is 33.4. The molecule has 46 heavy (non-hydrogen) atoms. The summed E-state index contributed by atoms with van der Waals surface area (Å²) in [6, 6.07) is 9.99. The molecule has 2 amide bonds. The molecular formula is C31H31F7N4O4. The average Bonchev–Trinajstić information content (AvgIpc) is 2.99. The Balaban J connectivity index is 1.44. The molecule has 8 nitrogen and oxygen atoms in total. The second-order valence-electron chi connectivity index (χ2n) is 10.7. The van der Waals surface area contributed by atoms with Crippen LogP contribution < -0.4 is 21.7 Å². The maximum absolute atomic E-state index is 15.1. The van der Waals surface area contributed by atoms with Crippen LogP contribution in [0.4, 0.5) is 41.2 Å². The fourth-order valence-corrected chi connectivity index (χ4v) is 5.10. The summed E-state index contributed by atoms with van der Waals surface area (Å²) in [4.78, 5) is 24.3. The molecule has 1 fully saturated rings. The minimum atomic E-state index is -4.57. The van der Waals surface area contributed by atoms with Gasteiger partial charge in [-0.2, -0.15) is 13.2 Å². The SMILES string of the molecule is NC(=O)[C@@H](Nc1cccc(F)c1CC[C@@H]1CN[C@H](COC(=O)NCC(F)(F)F)CO1)C(c1ccc(F)cc1)c1cc(F)cc(F)c1. The number of alkyl halides is 3. The first kappa shape index (κ1) is 34.5. The van der Waals surface area contributed by atoms with E-state index in [1.807, 2.05) is 0 Å². The van der Waals surface area contributed by atoms with Crippen molar-refractivity contribution in [1.29, 1.82) is 0 Å². The van der Waals surface area contributed by atoms with Crippen LogP contribution in [0.5, 0.6) is 0 Å². The molecule has 4 rings (SSSR count). The summed E-state index contributed by atoms with van der Waals surface area (Å²) in [5.41, 5.74) is 6.48. The molecule has 4 atom stereocenters. The molecule has 3 aromatic rings. The predicted octanol–water partition coefficient (Wildman–Crippen LogP) is 4.92. The predicted molar refractivity (Wildman–Crippen MR) is 153 cm³/mol. The summed E-state index contributed by atoms with van der Waals surface area (Å²) in [7, 11) is 0. The Morgan fingerprint density at radius 3 is 2.28 bits per heavy atom. The van der Waals surface area contributed by atoms with Crippen molar-refractivity contribution in [2.45, 2.75) is 43.1 Å². The lowest BCUT2D eigenvalue weighted by molar-refractivity contribution is -0.124. The van der Waals surface area contributed by atoms with Crippen LogP contribution in [0.2, 0.25) is 0 Å². The fourth-order valence-electron chi connectivity index (χ4n) is 5.10. The van der Waals surface area contributed by atoms with E-state index in [0.717, 1.165) is 24.3 Å². The van der Waals surface area contributed by atoms with Gasteiger partial charge in [0.05, 0.1) is 18.8 Å². The van der Waals surface area contributed by atoms with Crippen LogP contribution >= 0.6 is 0 Å². The molecule has 0 saturated carbocycles. The summed E-state index contributed by atoms with van der Waals surface area (Å²) < 4.78 is 105. The number of amides is 2. The highest BCUT2D eigenvalue weighted by molar-refractivity contribution is 5.85. The number of primary amides is 1. The van der Waals surface area contributed by atoms with Crippen molar-refractivity contribution in [2.75, 3.05) is 31.6 Å². The monoisotopic (exact) mass is 656 g/mol. The number of anilines is 1. The third-order valence-electron chi connectivity index (χ3n) is 7.28. The van der Waals surface area contributed by atoms with E-state index in [1.54, 1.807) is 5.32 Å². The Labute approximate surface area is 259 Å². The van der Waals surface area contributed by atoms with Crippen LogP contribution in [0.1, 0.15) is 29.0 Å². The molecule has 0 bridgehead atoms. The number of morpholine rings is 1. The van der Waals surface area contributed by atoms with Crippen molar-refractivity contribution in [3.05, 3.63) is 101 Å². The first-order valence-corrected chi connectivity index (χ1v) is 14.2. The van der Waals surface area contributed by atoms with Gasteiger partial charge < -0.3 is 31.2 Å². The highest BCUT2D eigenvalue weighted by Crippen LogP contribution is 2.33. The molecule has 0 aromatic heterocycles. The fraction of sp³-hybridized carbons (Fsp3) is 0.355. The van der Waals surface area contributed by atoms with Crippen molar-refractivity contribution in [3.8, 4) is 0 Å². The van der Waals surface area contributed by atoms with Gasteiger partial charge >= 0.3 is 12.3 Å². The lowest BCUT2D eigenvalue weighted by Crippen LogP contribution is -2.49. The molecule has 1 unspecified atom stereocenters. The molecule has 5 N–H and O–H groups in total. The maximum atomic E-state index is 15.1. The van der Waals surface area contributed by atoms with E-state index in [0.29, 0.717) is 18.1 Å². The van der Waals surface area contributed by atoms with E-state index in [-0.39, 0.29) is 43.0 Å². The lowest BCUT2D eigenvalue weighted by atomic mass is 9.84. The standard InChI is InChI=1S/C31H31F7N4O4/c32-19-6-4-17(5-7-19)27(18-10-20(33)12-21(34)11-18)28(29(39)43)42-26-3-1-2-25(35)24(26)9-8-23-13-40-22(14-45-23)15-46-30(44)41-16-31(36,37)38/h1-7,10-12,22-23,27-28,40,42H,8-9,13-16H2,(H2,39,43)(H,41,44)/t22-,23+,27?,28-/m0/s1. The van der Waals surface area contributed by atoms with E-state index in [9.17, 15) is 35.9 Å². The van der Waals surface area contributed by atoms with Crippen LogP contribution in [0.25, 0.3) is 0 Å². The molecule has 15 heteroatoms. The van der Waals surface area contributed by atoms with Gasteiger partial charge in [0.1, 0.15) is 42.5 Å². The van der Waals surface area contributed by atoms with E-state index >= 15 is 4.39 Å². The van der Waals surface area contributed by atoms with Crippen molar-refractivity contribution in [1.82, 2.24) is 10.6 Å². The van der Waals surface area contributed by atoms with Crippen molar-refractivity contribution >= 4 is 17.7 Å². The van der Waals surface area contributed by atoms with Gasteiger partial charge in [-0.05, 0) is 60.4 Å². The van der Waals surface area contributed by atoms with Crippen LogP contribution in [-0.2, 0) is 20.7 Å². The van der Waals surface area contributed by atoms with Crippen molar-refractivity contribution < 1.29 is 49.8 Å². The van der Waals surface area contributed by atoms with Gasteiger partial charge in [0, 0.05) is 29.8 Å². The summed E-state index contributed by atoms with van der Waals surface area (Å²) in [5, 5.41) is 7.61. The van der Waals surface area contributed by atoms with Gasteiger partial charge in [0.25, 0.3) is 0 Å². The smallest absolute Gasteiger partial charge is 0.407 e. The minimum absolute atomic E-state index is 0.0383. The number of nitrogens with two attached hydrogens (primary N) is 1. The molecule has 1 saturated heterocycles. The van der Waals surface area contributed by atoms with Gasteiger partial charge in [-0.1, -0.05) is 18.2 Å². The van der Waals surface area contributed by atoms with Gasteiger partial charge in [-0.3, -0.25) is 4.79 Å². The number of carbonyl (C=O) groups is 2. The molecule has 0 spiro atoms. The minimum Gasteiger partial charge on any atom is -0.448 e. The third-order valence-corrected chi connectivity index (χ3v) is 7.28.